The monoisotopic (exact) mass is 295 g/mol. The molecule has 0 fully saturated rings. The van der Waals surface area contributed by atoms with Crippen molar-refractivity contribution in [3.63, 3.8) is 0 Å². The van der Waals surface area contributed by atoms with Crippen LogP contribution in [0.15, 0.2) is 53.3 Å². The van der Waals surface area contributed by atoms with Crippen LogP contribution in [-0.4, -0.2) is 18.6 Å². The first kappa shape index (κ1) is 12.8. The minimum absolute atomic E-state index is 0.189. The Hall–Kier alpha value is -2.95. The van der Waals surface area contributed by atoms with E-state index >= 15 is 0 Å². The number of fused-ring (bicyclic) bond motifs is 2. The lowest BCUT2D eigenvalue weighted by atomic mass is 10.0. The molecule has 1 aliphatic rings. The fraction of sp³-hybridized carbons (Fsp3) is 0.118. The molecule has 2 heterocycles. The van der Waals surface area contributed by atoms with Gasteiger partial charge in [0.2, 0.25) is 6.79 Å². The van der Waals surface area contributed by atoms with Crippen molar-refractivity contribution in [1.29, 1.82) is 0 Å². The quantitative estimate of drug-likeness (QED) is 0.728. The summed E-state index contributed by atoms with van der Waals surface area (Å²) in [6.07, 6.45) is 0. The summed E-state index contributed by atoms with van der Waals surface area (Å²) in [6.45, 7) is 0.189. The SMILES string of the molecule is COn1c(=O)c(-c2ccccc2)cc2cc3c(cc21)OCO3. The highest BCUT2D eigenvalue weighted by Gasteiger charge is 2.18. The van der Waals surface area contributed by atoms with Crippen LogP contribution >= 0.6 is 0 Å². The van der Waals surface area contributed by atoms with E-state index in [9.17, 15) is 4.79 Å². The van der Waals surface area contributed by atoms with Crippen molar-refractivity contribution in [3.8, 4) is 22.6 Å². The van der Waals surface area contributed by atoms with Gasteiger partial charge in [-0.05, 0) is 17.7 Å². The number of hydrogen-bond donors (Lipinski definition) is 0. The van der Waals surface area contributed by atoms with Crippen LogP contribution in [-0.2, 0) is 0 Å². The molecule has 0 aliphatic carbocycles. The van der Waals surface area contributed by atoms with Crippen LogP contribution in [0.5, 0.6) is 11.5 Å². The summed E-state index contributed by atoms with van der Waals surface area (Å²) >= 11 is 0. The summed E-state index contributed by atoms with van der Waals surface area (Å²) in [5.41, 5.74) is 1.86. The molecule has 0 atom stereocenters. The Morgan fingerprint density at radius 1 is 1.05 bits per heavy atom. The number of nitrogens with zero attached hydrogens (tertiary/aromatic N) is 1. The Morgan fingerprint density at radius 2 is 1.77 bits per heavy atom. The molecule has 2 aromatic carbocycles. The number of ether oxygens (including phenoxy) is 2. The summed E-state index contributed by atoms with van der Waals surface area (Å²) in [6, 6.07) is 15.0. The normalized spacial score (nSPS) is 12.6. The number of pyridine rings is 1. The van der Waals surface area contributed by atoms with Crippen molar-refractivity contribution >= 4 is 10.9 Å². The van der Waals surface area contributed by atoms with Gasteiger partial charge in [0.05, 0.1) is 11.1 Å². The molecule has 0 amide bonds. The van der Waals surface area contributed by atoms with Gasteiger partial charge in [-0.15, -0.1) is 4.73 Å². The molecule has 0 bridgehead atoms. The zero-order valence-electron chi connectivity index (χ0n) is 11.9. The van der Waals surface area contributed by atoms with E-state index in [1.165, 1.54) is 11.8 Å². The second-order valence-corrected chi connectivity index (χ2v) is 4.97. The smallest absolute Gasteiger partial charge is 0.291 e. The lowest BCUT2D eigenvalue weighted by Gasteiger charge is -2.12. The maximum Gasteiger partial charge on any atom is 0.291 e. The average Bonchev–Trinajstić information content (AvgIpc) is 3.00. The first-order valence-corrected chi connectivity index (χ1v) is 6.87. The molecule has 1 aromatic heterocycles. The van der Waals surface area contributed by atoms with Crippen LogP contribution < -0.4 is 19.9 Å². The Kier molecular flexibility index (Phi) is 2.79. The minimum atomic E-state index is -0.208. The van der Waals surface area contributed by atoms with E-state index < -0.39 is 0 Å². The number of aromatic nitrogens is 1. The molecule has 22 heavy (non-hydrogen) atoms. The van der Waals surface area contributed by atoms with Gasteiger partial charge >= 0.3 is 0 Å². The molecule has 3 aromatic rings. The van der Waals surface area contributed by atoms with Crippen molar-refractivity contribution in [1.82, 2.24) is 4.73 Å². The highest BCUT2D eigenvalue weighted by molar-refractivity contribution is 5.87. The van der Waals surface area contributed by atoms with E-state index in [-0.39, 0.29) is 12.4 Å². The van der Waals surface area contributed by atoms with Crippen LogP contribution in [0.2, 0.25) is 0 Å². The van der Waals surface area contributed by atoms with Crippen molar-refractivity contribution in [2.75, 3.05) is 13.9 Å². The van der Waals surface area contributed by atoms with Gasteiger partial charge in [0.25, 0.3) is 5.56 Å². The largest absolute Gasteiger partial charge is 0.454 e. The molecule has 0 radical (unpaired) electrons. The van der Waals surface area contributed by atoms with Gasteiger partial charge in [-0.3, -0.25) is 4.79 Å². The standard InChI is InChI=1S/C17H13NO4/c1-20-18-14-9-16-15(21-10-22-16)8-12(14)7-13(17(18)19)11-5-3-2-4-6-11/h2-9H,10H2,1H3. The maximum absolute atomic E-state index is 12.7. The topological polar surface area (TPSA) is 49.7 Å². The summed E-state index contributed by atoms with van der Waals surface area (Å²) in [5, 5.41) is 0.851. The minimum Gasteiger partial charge on any atom is -0.454 e. The Morgan fingerprint density at radius 3 is 2.50 bits per heavy atom. The highest BCUT2D eigenvalue weighted by Crippen LogP contribution is 2.36. The van der Waals surface area contributed by atoms with Gasteiger partial charge < -0.3 is 14.3 Å². The zero-order chi connectivity index (χ0) is 15.1. The molecule has 0 N–H and O–H groups in total. The summed E-state index contributed by atoms with van der Waals surface area (Å²) in [4.78, 5) is 18.0. The van der Waals surface area contributed by atoms with E-state index in [4.69, 9.17) is 14.3 Å². The number of hydrogen-bond acceptors (Lipinski definition) is 4. The third-order valence-electron chi connectivity index (χ3n) is 3.72. The Bertz CT molecular complexity index is 915. The Labute approximate surface area is 126 Å². The zero-order valence-corrected chi connectivity index (χ0v) is 11.9. The van der Waals surface area contributed by atoms with E-state index in [0.29, 0.717) is 22.6 Å². The molecule has 4 rings (SSSR count). The number of benzene rings is 2. The van der Waals surface area contributed by atoms with Crippen LogP contribution in [0.1, 0.15) is 0 Å². The molecule has 0 saturated carbocycles. The van der Waals surface area contributed by atoms with Crippen molar-refractivity contribution in [3.05, 3.63) is 58.9 Å². The average molecular weight is 295 g/mol. The molecular weight excluding hydrogens is 282 g/mol. The lowest BCUT2D eigenvalue weighted by Crippen LogP contribution is -2.26. The summed E-state index contributed by atoms with van der Waals surface area (Å²) < 4.78 is 12.1. The van der Waals surface area contributed by atoms with Crippen molar-refractivity contribution in [2.24, 2.45) is 0 Å². The molecule has 5 heteroatoms. The van der Waals surface area contributed by atoms with Gasteiger partial charge in [0, 0.05) is 11.5 Å². The third kappa shape index (κ3) is 1.83. The predicted molar refractivity (Wildman–Crippen MR) is 82.3 cm³/mol. The summed E-state index contributed by atoms with van der Waals surface area (Å²) in [7, 11) is 1.47. The fourth-order valence-corrected chi connectivity index (χ4v) is 2.68. The van der Waals surface area contributed by atoms with Gasteiger partial charge in [-0.1, -0.05) is 30.3 Å². The molecule has 110 valence electrons. The Balaban J connectivity index is 2.06. The summed E-state index contributed by atoms with van der Waals surface area (Å²) in [5.74, 6) is 1.29. The van der Waals surface area contributed by atoms with Crippen LogP contribution in [0.4, 0.5) is 0 Å². The van der Waals surface area contributed by atoms with E-state index in [2.05, 4.69) is 0 Å². The fourth-order valence-electron chi connectivity index (χ4n) is 2.68. The van der Waals surface area contributed by atoms with E-state index in [1.807, 2.05) is 42.5 Å². The van der Waals surface area contributed by atoms with E-state index in [0.717, 1.165) is 10.9 Å². The van der Waals surface area contributed by atoms with Crippen LogP contribution in [0.3, 0.4) is 0 Å². The molecule has 5 nitrogen and oxygen atoms in total. The second-order valence-electron chi connectivity index (χ2n) is 4.97. The van der Waals surface area contributed by atoms with Gasteiger partial charge in [0.1, 0.15) is 7.11 Å². The van der Waals surface area contributed by atoms with Gasteiger partial charge in [0.15, 0.2) is 11.5 Å². The first-order valence-electron chi connectivity index (χ1n) is 6.87. The van der Waals surface area contributed by atoms with Gasteiger partial charge in [-0.2, -0.15) is 0 Å². The lowest BCUT2D eigenvalue weighted by molar-refractivity contribution is 0.168. The maximum atomic E-state index is 12.7. The molecular formula is C17H13NO4. The number of rotatable bonds is 2. The molecule has 0 spiro atoms. The van der Waals surface area contributed by atoms with Crippen LogP contribution in [0.25, 0.3) is 22.0 Å². The van der Waals surface area contributed by atoms with E-state index in [1.54, 1.807) is 6.07 Å². The van der Waals surface area contributed by atoms with Crippen molar-refractivity contribution in [2.45, 2.75) is 0 Å². The molecule has 1 aliphatic heterocycles. The van der Waals surface area contributed by atoms with Gasteiger partial charge in [-0.25, -0.2) is 0 Å². The first-order chi connectivity index (χ1) is 10.8. The van der Waals surface area contributed by atoms with Crippen LogP contribution in [0, 0.1) is 0 Å². The highest BCUT2D eigenvalue weighted by atomic mass is 16.7. The third-order valence-corrected chi connectivity index (χ3v) is 3.72. The predicted octanol–water partition coefficient (Wildman–Crippen LogP) is 2.46. The molecule has 0 unspecified atom stereocenters. The molecule has 0 saturated heterocycles. The second kappa shape index (κ2) is 4.80. The van der Waals surface area contributed by atoms with Crippen molar-refractivity contribution < 1.29 is 14.3 Å².